The van der Waals surface area contributed by atoms with Gasteiger partial charge in [0.2, 0.25) is 0 Å². The van der Waals surface area contributed by atoms with Crippen LogP contribution in [0.5, 0.6) is 0 Å². The Labute approximate surface area is 184 Å². The number of hydrogen-bond acceptors (Lipinski definition) is 3. The van der Waals surface area contributed by atoms with E-state index in [-0.39, 0.29) is 5.92 Å². The fraction of sp³-hybridized carbons (Fsp3) is 0.778. The van der Waals surface area contributed by atoms with E-state index in [1.165, 1.54) is 37.7 Å². The zero-order valence-corrected chi connectivity index (χ0v) is 19.8. The summed E-state index contributed by atoms with van der Waals surface area (Å²) in [7, 11) is 0. The highest BCUT2D eigenvalue weighted by atomic mass is 16.3. The zero-order valence-electron chi connectivity index (χ0n) is 19.8. The normalized spacial score (nSPS) is 38.7. The van der Waals surface area contributed by atoms with Crippen LogP contribution in [0, 0.1) is 29.1 Å². The summed E-state index contributed by atoms with van der Waals surface area (Å²) >= 11 is 0. The minimum atomic E-state index is -0.674. The number of allylic oxidation sites excluding steroid dienone is 4. The second kappa shape index (κ2) is 9.30. The molecular formula is C27H44O3. The molecule has 0 heterocycles. The van der Waals surface area contributed by atoms with Gasteiger partial charge in [-0.25, -0.2) is 0 Å². The van der Waals surface area contributed by atoms with Crippen molar-refractivity contribution in [3.63, 3.8) is 0 Å². The Morgan fingerprint density at radius 3 is 2.33 bits per heavy atom. The highest BCUT2D eigenvalue weighted by Crippen LogP contribution is 2.59. The Morgan fingerprint density at radius 2 is 1.70 bits per heavy atom. The third-order valence-corrected chi connectivity index (χ3v) is 8.56. The lowest BCUT2D eigenvalue weighted by Gasteiger charge is -2.44. The van der Waals surface area contributed by atoms with E-state index in [0.717, 1.165) is 0 Å². The Balaban J connectivity index is 1.73. The van der Waals surface area contributed by atoms with E-state index in [9.17, 15) is 15.3 Å². The quantitative estimate of drug-likeness (QED) is 0.514. The van der Waals surface area contributed by atoms with Crippen LogP contribution < -0.4 is 0 Å². The van der Waals surface area contributed by atoms with Crippen LogP contribution in [0.1, 0.15) is 86.0 Å². The van der Waals surface area contributed by atoms with Crippen molar-refractivity contribution in [3.8, 4) is 0 Å². The van der Waals surface area contributed by atoms with Crippen molar-refractivity contribution < 1.29 is 15.3 Å². The third-order valence-electron chi connectivity index (χ3n) is 8.56. The van der Waals surface area contributed by atoms with Crippen molar-refractivity contribution in [2.24, 2.45) is 29.1 Å². The Kier molecular flexibility index (Phi) is 7.37. The predicted molar refractivity (Wildman–Crippen MR) is 124 cm³/mol. The van der Waals surface area contributed by atoms with Crippen LogP contribution in [0.2, 0.25) is 0 Å². The van der Waals surface area contributed by atoms with E-state index in [1.54, 1.807) is 5.57 Å². The SMILES string of the molecule is CC(/C=C/[C@@H](C)C1CCC2/C(=C/C=C3C[C@@H](O)C[C@H](O)C3)CCC[C@@]21C)C(C)(C)O. The van der Waals surface area contributed by atoms with Crippen LogP contribution in [0.3, 0.4) is 0 Å². The lowest BCUT2D eigenvalue weighted by molar-refractivity contribution is 0.0436. The maximum atomic E-state index is 10.2. The van der Waals surface area contributed by atoms with Gasteiger partial charge in [0.05, 0.1) is 17.8 Å². The van der Waals surface area contributed by atoms with E-state index < -0.39 is 17.8 Å². The van der Waals surface area contributed by atoms with Gasteiger partial charge in [0.1, 0.15) is 0 Å². The summed E-state index contributed by atoms with van der Waals surface area (Å²) in [5.74, 6) is 2.00. The lowest BCUT2D eigenvalue weighted by atomic mass is 9.61. The fourth-order valence-electron chi connectivity index (χ4n) is 6.39. The van der Waals surface area contributed by atoms with E-state index in [2.05, 4.69) is 45.1 Å². The van der Waals surface area contributed by atoms with E-state index in [1.807, 2.05) is 13.8 Å². The minimum Gasteiger partial charge on any atom is -0.393 e. The van der Waals surface area contributed by atoms with Crippen LogP contribution in [-0.4, -0.2) is 33.1 Å². The largest absolute Gasteiger partial charge is 0.393 e. The van der Waals surface area contributed by atoms with Gasteiger partial charge in [-0.15, -0.1) is 0 Å². The summed E-state index contributed by atoms with van der Waals surface area (Å²) in [6.07, 6.45) is 16.5. The van der Waals surface area contributed by atoms with Crippen molar-refractivity contribution in [2.75, 3.05) is 0 Å². The van der Waals surface area contributed by atoms with Crippen molar-refractivity contribution in [1.82, 2.24) is 0 Å². The molecule has 170 valence electrons. The molecule has 3 unspecified atom stereocenters. The van der Waals surface area contributed by atoms with Crippen LogP contribution >= 0.6 is 0 Å². The lowest BCUT2D eigenvalue weighted by Crippen LogP contribution is -2.35. The van der Waals surface area contributed by atoms with Gasteiger partial charge < -0.3 is 15.3 Å². The van der Waals surface area contributed by atoms with Gasteiger partial charge in [0.15, 0.2) is 0 Å². The summed E-state index contributed by atoms with van der Waals surface area (Å²) in [6, 6.07) is 0. The molecule has 0 aromatic heterocycles. The van der Waals surface area contributed by atoms with Gasteiger partial charge in [-0.05, 0) is 88.4 Å². The second-order valence-corrected chi connectivity index (χ2v) is 11.3. The Bertz CT molecular complexity index is 671. The summed E-state index contributed by atoms with van der Waals surface area (Å²) in [4.78, 5) is 0. The monoisotopic (exact) mass is 416 g/mol. The first kappa shape index (κ1) is 23.8. The van der Waals surface area contributed by atoms with Crippen molar-refractivity contribution in [1.29, 1.82) is 0 Å². The highest BCUT2D eigenvalue weighted by Gasteiger charge is 2.50. The first-order chi connectivity index (χ1) is 14.0. The molecule has 7 atom stereocenters. The van der Waals surface area contributed by atoms with E-state index in [0.29, 0.717) is 42.4 Å². The second-order valence-electron chi connectivity index (χ2n) is 11.3. The zero-order chi connectivity index (χ0) is 22.1. The van der Waals surface area contributed by atoms with Gasteiger partial charge >= 0.3 is 0 Å². The molecule has 0 aromatic rings. The van der Waals surface area contributed by atoms with Crippen molar-refractivity contribution in [3.05, 3.63) is 35.5 Å². The fourth-order valence-corrected chi connectivity index (χ4v) is 6.39. The van der Waals surface area contributed by atoms with Gasteiger partial charge in [0, 0.05) is 5.92 Å². The molecular weight excluding hydrogens is 372 g/mol. The van der Waals surface area contributed by atoms with E-state index >= 15 is 0 Å². The molecule has 0 radical (unpaired) electrons. The number of aliphatic hydroxyl groups excluding tert-OH is 2. The first-order valence-corrected chi connectivity index (χ1v) is 12.2. The van der Waals surface area contributed by atoms with Crippen LogP contribution in [0.4, 0.5) is 0 Å². The molecule has 0 spiro atoms. The van der Waals surface area contributed by atoms with Gasteiger partial charge in [0.25, 0.3) is 0 Å². The van der Waals surface area contributed by atoms with Gasteiger partial charge in [-0.2, -0.15) is 0 Å². The molecule has 0 aliphatic heterocycles. The van der Waals surface area contributed by atoms with Crippen LogP contribution in [0.25, 0.3) is 0 Å². The molecule has 3 fully saturated rings. The van der Waals surface area contributed by atoms with E-state index in [4.69, 9.17) is 0 Å². The first-order valence-electron chi connectivity index (χ1n) is 12.2. The molecule has 3 N–H and O–H groups in total. The molecule has 3 saturated carbocycles. The van der Waals surface area contributed by atoms with Gasteiger partial charge in [-0.3, -0.25) is 0 Å². The summed E-state index contributed by atoms with van der Waals surface area (Å²) in [5, 5.41) is 30.2. The molecule has 3 rings (SSSR count). The predicted octanol–water partition coefficient (Wildman–Crippen LogP) is 5.56. The number of hydrogen-bond donors (Lipinski definition) is 3. The molecule has 3 aliphatic rings. The summed E-state index contributed by atoms with van der Waals surface area (Å²) in [6.45, 7) is 10.7. The topological polar surface area (TPSA) is 60.7 Å². The molecule has 30 heavy (non-hydrogen) atoms. The molecule has 0 bridgehead atoms. The molecule has 0 saturated heterocycles. The van der Waals surface area contributed by atoms with Crippen molar-refractivity contribution in [2.45, 2.75) is 104 Å². The number of aliphatic hydroxyl groups is 3. The average Bonchev–Trinajstić information content (AvgIpc) is 3.00. The summed E-state index contributed by atoms with van der Waals surface area (Å²) < 4.78 is 0. The standard InChI is InChI=1S/C27H44O3/c1-18(8-9-19(2)26(3,4)30)24-12-13-25-21(7-6-14-27(24,25)5)11-10-20-15-22(28)17-23(29)16-20/h8-11,18-19,22-25,28-30H,6-7,12-17H2,1-5H3/b9-8+,21-11+/t18-,19?,22-,23-,24?,25?,27-/m1/s1. The molecule has 3 nitrogen and oxygen atoms in total. The van der Waals surface area contributed by atoms with Crippen LogP contribution in [-0.2, 0) is 0 Å². The molecule has 0 amide bonds. The van der Waals surface area contributed by atoms with Crippen LogP contribution in [0.15, 0.2) is 35.5 Å². The average molecular weight is 417 g/mol. The molecule has 0 aromatic carbocycles. The van der Waals surface area contributed by atoms with Crippen molar-refractivity contribution >= 4 is 0 Å². The maximum Gasteiger partial charge on any atom is 0.0651 e. The highest BCUT2D eigenvalue weighted by molar-refractivity contribution is 5.26. The minimum absolute atomic E-state index is 0.152. The summed E-state index contributed by atoms with van der Waals surface area (Å²) in [5.41, 5.74) is 2.43. The molecule has 3 aliphatic carbocycles. The third kappa shape index (κ3) is 5.29. The Hall–Kier alpha value is -0.900. The number of fused-ring (bicyclic) bond motifs is 1. The van der Waals surface area contributed by atoms with Gasteiger partial charge in [-0.1, -0.05) is 56.2 Å². The Morgan fingerprint density at radius 1 is 1.03 bits per heavy atom. The maximum absolute atomic E-state index is 10.2. The molecule has 3 heteroatoms. The number of rotatable bonds is 5. The smallest absolute Gasteiger partial charge is 0.0651 e.